The summed E-state index contributed by atoms with van der Waals surface area (Å²) < 4.78 is 0.971. The first kappa shape index (κ1) is 18.0. The van der Waals surface area contributed by atoms with Crippen LogP contribution in [0.1, 0.15) is 54.7 Å². The molecule has 0 bridgehead atoms. The summed E-state index contributed by atoms with van der Waals surface area (Å²) in [7, 11) is 0. The summed E-state index contributed by atoms with van der Waals surface area (Å²) in [6.45, 7) is 4.98. The second-order valence-corrected chi connectivity index (χ2v) is 9.07. The van der Waals surface area contributed by atoms with E-state index in [1.165, 1.54) is 36.0 Å². The van der Waals surface area contributed by atoms with Gasteiger partial charge in [-0.1, -0.05) is 17.7 Å². The topological polar surface area (TPSA) is 32.3 Å². The smallest absolute Gasteiger partial charge is 0.221 e. The maximum atomic E-state index is 11.3. The lowest BCUT2D eigenvalue weighted by Gasteiger charge is -2.33. The van der Waals surface area contributed by atoms with Gasteiger partial charge in [0.15, 0.2) is 0 Å². The van der Waals surface area contributed by atoms with E-state index in [0.717, 1.165) is 36.1 Å². The number of amides is 1. The van der Waals surface area contributed by atoms with Crippen LogP contribution in [-0.2, 0) is 11.2 Å². The van der Waals surface area contributed by atoms with Gasteiger partial charge in [0, 0.05) is 19.2 Å². The summed E-state index contributed by atoms with van der Waals surface area (Å²) in [6.07, 6.45) is 4.76. The largest absolute Gasteiger partial charge is 0.326 e. The third-order valence-corrected chi connectivity index (χ3v) is 7.02. The van der Waals surface area contributed by atoms with Crippen molar-refractivity contribution in [2.75, 3.05) is 25.0 Å². The van der Waals surface area contributed by atoms with Gasteiger partial charge in [-0.3, -0.25) is 4.79 Å². The van der Waals surface area contributed by atoms with Gasteiger partial charge in [-0.2, -0.15) is 0 Å². The molecule has 1 aromatic carbocycles. The number of rotatable bonds is 4. The van der Waals surface area contributed by atoms with E-state index in [9.17, 15) is 4.79 Å². The third kappa shape index (κ3) is 3.83. The molecule has 0 saturated carbocycles. The van der Waals surface area contributed by atoms with Crippen molar-refractivity contribution < 1.29 is 4.79 Å². The number of nitrogens with one attached hydrogen (secondary N) is 1. The normalized spacial score (nSPS) is 20.9. The van der Waals surface area contributed by atoms with Crippen LogP contribution in [0.15, 0.2) is 29.6 Å². The minimum Gasteiger partial charge on any atom is -0.326 e. The van der Waals surface area contributed by atoms with E-state index in [1.54, 1.807) is 18.3 Å². The zero-order valence-electron chi connectivity index (χ0n) is 15.1. The Hall–Kier alpha value is -1.36. The molecule has 2 aromatic rings. The van der Waals surface area contributed by atoms with Crippen molar-refractivity contribution in [3.8, 4) is 0 Å². The summed E-state index contributed by atoms with van der Waals surface area (Å²) >= 11 is 7.97. The lowest BCUT2D eigenvalue weighted by Crippen LogP contribution is -2.35. The summed E-state index contributed by atoms with van der Waals surface area (Å²) in [5.74, 6) is 1.20. The monoisotopic (exact) mass is 388 g/mol. The number of aryl methyl sites for hydroxylation is 1. The molecule has 1 saturated heterocycles. The molecule has 1 atom stereocenters. The highest BCUT2D eigenvalue weighted by Crippen LogP contribution is 2.38. The molecule has 1 unspecified atom stereocenters. The number of piperidine rings is 1. The molecule has 1 aromatic heterocycles. The Morgan fingerprint density at radius 3 is 2.73 bits per heavy atom. The Labute approximate surface area is 164 Å². The Kier molecular flexibility index (Phi) is 5.35. The number of thiophene rings is 1. The molecule has 4 rings (SSSR count). The van der Waals surface area contributed by atoms with Crippen LogP contribution in [0.25, 0.3) is 0 Å². The van der Waals surface area contributed by atoms with Gasteiger partial charge in [-0.25, -0.2) is 0 Å². The van der Waals surface area contributed by atoms with Crippen LogP contribution in [0.4, 0.5) is 5.69 Å². The maximum Gasteiger partial charge on any atom is 0.221 e. The number of fused-ring (bicyclic) bond motifs is 1. The van der Waals surface area contributed by atoms with Gasteiger partial charge < -0.3 is 10.2 Å². The van der Waals surface area contributed by atoms with Crippen molar-refractivity contribution >= 4 is 34.5 Å². The molecule has 1 fully saturated rings. The fourth-order valence-electron chi connectivity index (χ4n) is 4.49. The molecule has 2 aliphatic rings. The fraction of sp³-hybridized carbons (Fsp3) is 0.476. The molecule has 2 heterocycles. The lowest BCUT2D eigenvalue weighted by atomic mass is 9.90. The molecule has 0 radical (unpaired) electrons. The molecule has 1 aliphatic heterocycles. The first-order chi connectivity index (χ1) is 12.6. The van der Waals surface area contributed by atoms with Crippen LogP contribution in [0.5, 0.6) is 0 Å². The predicted molar refractivity (Wildman–Crippen MR) is 110 cm³/mol. The maximum absolute atomic E-state index is 11.3. The van der Waals surface area contributed by atoms with E-state index < -0.39 is 0 Å². The highest BCUT2D eigenvalue weighted by atomic mass is 35.5. The number of anilines is 1. The number of nitrogens with zero attached hydrogens (tertiary/aromatic N) is 1. The van der Waals surface area contributed by atoms with Crippen molar-refractivity contribution in [2.45, 2.75) is 44.4 Å². The zero-order valence-corrected chi connectivity index (χ0v) is 16.7. The van der Waals surface area contributed by atoms with E-state index >= 15 is 0 Å². The standard InChI is InChI=1S/C21H25ClN2OS/c1-14(25)23-18-5-4-15-2-3-17(20(15)12-18)13-24-9-6-16(7-10-24)19-8-11-26-21(19)22/h4-5,8,11-12,16-17H,2-3,6-7,9-10,13H2,1H3,(H,23,25). The number of hydrogen-bond donors (Lipinski definition) is 1. The van der Waals surface area contributed by atoms with Crippen LogP contribution in [0.3, 0.4) is 0 Å². The average molecular weight is 389 g/mol. The van der Waals surface area contributed by atoms with Gasteiger partial charge in [0.25, 0.3) is 0 Å². The SMILES string of the molecule is CC(=O)Nc1ccc2c(c1)C(CN1CCC(c3ccsc3Cl)CC1)CC2. The van der Waals surface area contributed by atoms with E-state index in [4.69, 9.17) is 11.6 Å². The number of halogens is 1. The molecule has 0 spiro atoms. The summed E-state index contributed by atoms with van der Waals surface area (Å²) in [6, 6.07) is 8.60. The van der Waals surface area contributed by atoms with Gasteiger partial charge in [-0.15, -0.1) is 11.3 Å². The predicted octanol–water partition coefficient (Wildman–Crippen LogP) is 5.27. The van der Waals surface area contributed by atoms with Gasteiger partial charge in [-0.05, 0) is 90.9 Å². The molecule has 26 heavy (non-hydrogen) atoms. The first-order valence-corrected chi connectivity index (χ1v) is 10.7. The van der Waals surface area contributed by atoms with Crippen LogP contribution in [0.2, 0.25) is 4.34 Å². The fourth-order valence-corrected chi connectivity index (χ4v) is 5.57. The average Bonchev–Trinajstić information content (AvgIpc) is 3.22. The Morgan fingerprint density at radius 1 is 1.23 bits per heavy atom. The van der Waals surface area contributed by atoms with E-state index in [0.29, 0.717) is 11.8 Å². The van der Waals surface area contributed by atoms with Gasteiger partial charge in [0.1, 0.15) is 0 Å². The van der Waals surface area contributed by atoms with E-state index in [1.807, 2.05) is 6.07 Å². The number of hydrogen-bond acceptors (Lipinski definition) is 3. The van der Waals surface area contributed by atoms with Crippen molar-refractivity contribution in [1.82, 2.24) is 4.90 Å². The molecule has 1 amide bonds. The van der Waals surface area contributed by atoms with Crippen molar-refractivity contribution in [1.29, 1.82) is 0 Å². The van der Waals surface area contributed by atoms with E-state index in [2.05, 4.69) is 33.8 Å². The van der Waals surface area contributed by atoms with Gasteiger partial charge in [0.05, 0.1) is 4.34 Å². The van der Waals surface area contributed by atoms with Crippen LogP contribution in [0, 0.1) is 0 Å². The molecule has 1 aliphatic carbocycles. The van der Waals surface area contributed by atoms with Crippen LogP contribution >= 0.6 is 22.9 Å². The van der Waals surface area contributed by atoms with Gasteiger partial charge >= 0.3 is 0 Å². The quantitative estimate of drug-likeness (QED) is 0.773. The van der Waals surface area contributed by atoms with Crippen LogP contribution < -0.4 is 5.32 Å². The minimum atomic E-state index is -0.00587. The van der Waals surface area contributed by atoms with E-state index in [-0.39, 0.29) is 5.91 Å². The highest BCUT2D eigenvalue weighted by Gasteiger charge is 2.28. The zero-order chi connectivity index (χ0) is 18.1. The van der Waals surface area contributed by atoms with Crippen molar-refractivity contribution in [2.24, 2.45) is 0 Å². The first-order valence-electron chi connectivity index (χ1n) is 9.46. The second-order valence-electron chi connectivity index (χ2n) is 7.55. The molecular formula is C21H25ClN2OS. The number of likely N-dealkylation sites (tertiary alicyclic amines) is 1. The minimum absolute atomic E-state index is 0.00587. The molecule has 138 valence electrons. The third-order valence-electron chi connectivity index (χ3n) is 5.82. The molecule has 3 nitrogen and oxygen atoms in total. The van der Waals surface area contributed by atoms with Crippen molar-refractivity contribution in [3.63, 3.8) is 0 Å². The van der Waals surface area contributed by atoms with Crippen LogP contribution in [-0.4, -0.2) is 30.4 Å². The number of carbonyl (C=O) groups excluding carboxylic acids is 1. The van der Waals surface area contributed by atoms with Crippen molar-refractivity contribution in [3.05, 3.63) is 50.7 Å². The Bertz CT molecular complexity index is 795. The van der Waals surface area contributed by atoms with Gasteiger partial charge in [0.2, 0.25) is 5.91 Å². The summed E-state index contributed by atoms with van der Waals surface area (Å²) in [5.41, 5.74) is 5.15. The number of carbonyl (C=O) groups is 1. The molecule has 1 N–H and O–H groups in total. The number of benzene rings is 1. The highest BCUT2D eigenvalue weighted by molar-refractivity contribution is 7.14. The Balaban J connectivity index is 1.38. The lowest BCUT2D eigenvalue weighted by molar-refractivity contribution is -0.114. The molecule has 5 heteroatoms. The summed E-state index contributed by atoms with van der Waals surface area (Å²) in [4.78, 5) is 13.9. The second kappa shape index (κ2) is 7.71. The Morgan fingerprint density at radius 2 is 2.04 bits per heavy atom. The summed E-state index contributed by atoms with van der Waals surface area (Å²) in [5, 5.41) is 5.02. The molecular weight excluding hydrogens is 364 g/mol.